The van der Waals surface area contributed by atoms with Gasteiger partial charge in [0.1, 0.15) is 11.4 Å². The third kappa shape index (κ3) is 9.43. The SMILES string of the molecule is COC(=O)CC1CCN(Cc2cc(Oc3cnc(N4CCN(C(=O)OC(C)(C)C)CC4)cn3)nc(-c3cc(Cl)cc(Cl)c3)c2)CC1. The zero-order valence-electron chi connectivity index (χ0n) is 26.7. The van der Waals surface area contributed by atoms with E-state index in [0.29, 0.717) is 78.4 Å². The van der Waals surface area contributed by atoms with Crippen LogP contribution in [-0.4, -0.2) is 88.8 Å². The molecule has 0 atom stereocenters. The molecular formula is C33H40Cl2N6O5. The number of carbonyl (C=O) groups is 2. The number of methoxy groups -OCH3 is 1. The van der Waals surface area contributed by atoms with Gasteiger partial charge in [-0.2, -0.15) is 0 Å². The van der Waals surface area contributed by atoms with E-state index in [1.54, 1.807) is 23.4 Å². The Kier molecular flexibility index (Phi) is 10.9. The van der Waals surface area contributed by atoms with E-state index in [1.165, 1.54) is 7.11 Å². The van der Waals surface area contributed by atoms with Gasteiger partial charge in [-0.15, -0.1) is 0 Å². The second-order valence-electron chi connectivity index (χ2n) is 12.6. The Labute approximate surface area is 279 Å². The minimum absolute atomic E-state index is 0.156. The highest BCUT2D eigenvalue weighted by Crippen LogP contribution is 2.31. The fraction of sp³-hybridized carbons (Fsp3) is 0.485. The molecule has 11 nitrogen and oxygen atoms in total. The summed E-state index contributed by atoms with van der Waals surface area (Å²) in [5.41, 5.74) is 1.92. The van der Waals surface area contributed by atoms with Gasteiger partial charge in [-0.3, -0.25) is 9.69 Å². The van der Waals surface area contributed by atoms with Crippen molar-refractivity contribution >= 4 is 41.1 Å². The van der Waals surface area contributed by atoms with E-state index >= 15 is 0 Å². The molecule has 0 radical (unpaired) electrons. The predicted molar refractivity (Wildman–Crippen MR) is 176 cm³/mol. The third-order valence-corrected chi connectivity index (χ3v) is 8.33. The number of nitrogens with zero attached hydrogens (tertiary/aromatic N) is 6. The van der Waals surface area contributed by atoms with E-state index < -0.39 is 5.60 Å². The maximum Gasteiger partial charge on any atom is 0.410 e. The summed E-state index contributed by atoms with van der Waals surface area (Å²) >= 11 is 12.6. The van der Waals surface area contributed by atoms with Gasteiger partial charge in [0.2, 0.25) is 11.8 Å². The lowest BCUT2D eigenvalue weighted by molar-refractivity contribution is -0.142. The number of rotatable bonds is 8. The van der Waals surface area contributed by atoms with Gasteiger partial charge in [0.25, 0.3) is 0 Å². The van der Waals surface area contributed by atoms with Crippen molar-refractivity contribution in [1.29, 1.82) is 0 Å². The van der Waals surface area contributed by atoms with Gasteiger partial charge in [0, 0.05) is 60.8 Å². The summed E-state index contributed by atoms with van der Waals surface area (Å²) < 4.78 is 16.5. The first-order valence-electron chi connectivity index (χ1n) is 15.4. The van der Waals surface area contributed by atoms with Gasteiger partial charge < -0.3 is 24.0 Å². The minimum Gasteiger partial charge on any atom is -0.469 e. The molecule has 2 aromatic heterocycles. The number of aromatic nitrogens is 3. The fourth-order valence-electron chi connectivity index (χ4n) is 5.56. The van der Waals surface area contributed by atoms with Crippen LogP contribution in [0.25, 0.3) is 11.3 Å². The third-order valence-electron chi connectivity index (χ3n) is 7.90. The van der Waals surface area contributed by atoms with E-state index in [1.807, 2.05) is 45.0 Å². The number of halogens is 2. The molecule has 1 aromatic carbocycles. The zero-order chi connectivity index (χ0) is 32.8. The van der Waals surface area contributed by atoms with Crippen molar-refractivity contribution in [1.82, 2.24) is 24.8 Å². The van der Waals surface area contributed by atoms with Crippen LogP contribution in [-0.2, 0) is 20.8 Å². The first-order valence-corrected chi connectivity index (χ1v) is 16.2. The first-order chi connectivity index (χ1) is 21.9. The predicted octanol–water partition coefficient (Wildman–Crippen LogP) is 6.47. The summed E-state index contributed by atoms with van der Waals surface area (Å²) in [6.45, 7) is 10.3. The van der Waals surface area contributed by atoms with Crippen LogP contribution in [0.1, 0.15) is 45.6 Å². The highest BCUT2D eigenvalue weighted by atomic mass is 35.5. The lowest BCUT2D eigenvalue weighted by Gasteiger charge is -2.36. The summed E-state index contributed by atoms with van der Waals surface area (Å²) in [7, 11) is 1.43. The highest BCUT2D eigenvalue weighted by molar-refractivity contribution is 6.35. The molecule has 0 N–H and O–H groups in total. The van der Waals surface area contributed by atoms with Gasteiger partial charge in [-0.1, -0.05) is 23.2 Å². The molecule has 4 heterocycles. The van der Waals surface area contributed by atoms with Gasteiger partial charge in [-0.25, -0.2) is 19.7 Å². The van der Waals surface area contributed by atoms with Gasteiger partial charge in [-0.05, 0) is 82.4 Å². The Morgan fingerprint density at radius 2 is 1.59 bits per heavy atom. The highest BCUT2D eigenvalue weighted by Gasteiger charge is 2.27. The van der Waals surface area contributed by atoms with Crippen molar-refractivity contribution < 1.29 is 23.8 Å². The number of ether oxygens (including phenoxy) is 3. The number of pyridine rings is 1. The lowest BCUT2D eigenvalue weighted by atomic mass is 9.93. The van der Waals surface area contributed by atoms with Gasteiger partial charge >= 0.3 is 12.1 Å². The Morgan fingerprint density at radius 3 is 2.20 bits per heavy atom. The van der Waals surface area contributed by atoms with Crippen molar-refractivity contribution in [3.05, 3.63) is 58.3 Å². The molecule has 0 bridgehead atoms. The topological polar surface area (TPSA) is 110 Å². The summed E-state index contributed by atoms with van der Waals surface area (Å²) in [6, 6.07) is 9.24. The lowest BCUT2D eigenvalue weighted by Crippen LogP contribution is -2.50. The number of hydrogen-bond donors (Lipinski definition) is 0. The van der Waals surface area contributed by atoms with Crippen LogP contribution < -0.4 is 9.64 Å². The normalized spacial score (nSPS) is 16.3. The monoisotopic (exact) mass is 670 g/mol. The molecule has 2 saturated heterocycles. The van der Waals surface area contributed by atoms with Gasteiger partial charge in [0.05, 0.1) is 25.2 Å². The molecule has 0 unspecified atom stereocenters. The average molecular weight is 672 g/mol. The number of hydrogen-bond acceptors (Lipinski definition) is 10. The van der Waals surface area contributed by atoms with E-state index in [0.717, 1.165) is 37.1 Å². The van der Waals surface area contributed by atoms with E-state index in [-0.39, 0.29) is 12.1 Å². The van der Waals surface area contributed by atoms with E-state index in [9.17, 15) is 9.59 Å². The number of likely N-dealkylation sites (tertiary alicyclic amines) is 1. The summed E-state index contributed by atoms with van der Waals surface area (Å²) in [4.78, 5) is 44.1. The van der Waals surface area contributed by atoms with E-state index in [4.69, 9.17) is 42.4 Å². The summed E-state index contributed by atoms with van der Waals surface area (Å²) in [6.07, 6.45) is 5.25. The van der Waals surface area contributed by atoms with Crippen LogP contribution in [0.3, 0.4) is 0 Å². The molecule has 3 aromatic rings. The number of amides is 1. The van der Waals surface area contributed by atoms with Crippen molar-refractivity contribution in [2.45, 2.75) is 52.2 Å². The summed E-state index contributed by atoms with van der Waals surface area (Å²) in [5.74, 6) is 1.55. The van der Waals surface area contributed by atoms with Crippen molar-refractivity contribution in [2.24, 2.45) is 5.92 Å². The molecule has 46 heavy (non-hydrogen) atoms. The van der Waals surface area contributed by atoms with Gasteiger partial charge in [0.15, 0.2) is 0 Å². The number of esters is 1. The maximum absolute atomic E-state index is 12.4. The maximum atomic E-state index is 12.4. The molecule has 246 valence electrons. The van der Waals surface area contributed by atoms with Crippen molar-refractivity contribution in [3.8, 4) is 23.0 Å². The standard InChI is InChI=1S/C33H40Cl2N6O5/c1-33(2,3)46-32(43)41-11-9-40(10-12-41)28-19-37-30(20-36-28)45-29-14-23(13-27(38-29)24-16-25(34)18-26(35)17-24)21-39-7-5-22(6-8-39)15-31(42)44-4/h13-14,16-20,22H,5-12,15,21H2,1-4H3. The molecule has 1 amide bonds. The molecule has 2 aliphatic heterocycles. The number of anilines is 1. The van der Waals surface area contributed by atoms with Crippen LogP contribution in [0, 0.1) is 5.92 Å². The smallest absolute Gasteiger partial charge is 0.410 e. The number of piperazine rings is 1. The second-order valence-corrected chi connectivity index (χ2v) is 13.5. The van der Waals surface area contributed by atoms with Crippen molar-refractivity contribution in [3.63, 3.8) is 0 Å². The molecule has 13 heteroatoms. The Bertz CT molecular complexity index is 1500. The van der Waals surface area contributed by atoms with Crippen LogP contribution in [0.4, 0.5) is 10.6 Å². The molecule has 2 fully saturated rings. The Morgan fingerprint density at radius 1 is 0.891 bits per heavy atom. The fourth-order valence-corrected chi connectivity index (χ4v) is 6.08. The van der Waals surface area contributed by atoms with Crippen LogP contribution in [0.2, 0.25) is 10.0 Å². The molecule has 2 aliphatic rings. The van der Waals surface area contributed by atoms with Crippen molar-refractivity contribution in [2.75, 3.05) is 51.3 Å². The second kappa shape index (κ2) is 14.8. The minimum atomic E-state index is -0.532. The average Bonchev–Trinajstić information content (AvgIpc) is 3.01. The molecule has 0 saturated carbocycles. The molecule has 5 rings (SSSR count). The summed E-state index contributed by atoms with van der Waals surface area (Å²) in [5, 5.41) is 1.02. The largest absolute Gasteiger partial charge is 0.469 e. The first kappa shape index (κ1) is 33.7. The Hall–Kier alpha value is -3.67. The zero-order valence-corrected chi connectivity index (χ0v) is 28.2. The molecule has 0 aliphatic carbocycles. The molecule has 0 spiro atoms. The van der Waals surface area contributed by atoms with Crippen LogP contribution in [0.5, 0.6) is 11.8 Å². The van der Waals surface area contributed by atoms with Crippen LogP contribution in [0.15, 0.2) is 42.7 Å². The van der Waals surface area contributed by atoms with E-state index in [2.05, 4.69) is 19.8 Å². The number of piperidine rings is 1. The Balaban J connectivity index is 1.27. The number of benzene rings is 1. The number of carbonyl (C=O) groups excluding carboxylic acids is 2. The quantitative estimate of drug-likeness (QED) is 0.247. The molecular weight excluding hydrogens is 631 g/mol. The van der Waals surface area contributed by atoms with Crippen LogP contribution >= 0.6 is 23.2 Å².